The minimum atomic E-state index is -0.428. The molecule has 5 heteroatoms. The summed E-state index contributed by atoms with van der Waals surface area (Å²) >= 11 is 0. The van der Waals surface area contributed by atoms with Crippen molar-refractivity contribution in [2.75, 3.05) is 20.7 Å². The van der Waals surface area contributed by atoms with Crippen LogP contribution in [0.3, 0.4) is 0 Å². The van der Waals surface area contributed by atoms with Crippen molar-refractivity contribution in [1.29, 1.82) is 0 Å². The lowest BCUT2D eigenvalue weighted by molar-refractivity contribution is 0.0769. The Bertz CT molecular complexity index is 645. The number of nitrogens with zero attached hydrogens (tertiary/aromatic N) is 1. The average Bonchev–Trinajstić information content (AvgIpc) is 2.78. The number of ether oxygens (including phenoxy) is 1. The zero-order chi connectivity index (χ0) is 15.6. The van der Waals surface area contributed by atoms with Gasteiger partial charge in [-0.15, -0.1) is 0 Å². The maximum Gasteiger partial charge on any atom is 0.257 e. The highest BCUT2D eigenvalue weighted by molar-refractivity contribution is 6.07. The van der Waals surface area contributed by atoms with Crippen molar-refractivity contribution in [2.24, 2.45) is 0 Å². The molecular formula is C16H21NO4. The molecule has 5 nitrogen and oxygen atoms in total. The zero-order valence-corrected chi connectivity index (χ0v) is 12.8. The Morgan fingerprint density at radius 1 is 1.48 bits per heavy atom. The number of aliphatic hydroxyl groups excluding tert-OH is 1. The van der Waals surface area contributed by atoms with Gasteiger partial charge in [0.2, 0.25) is 0 Å². The molecule has 1 N–H and O–H groups in total. The standard InChI is InChI=1S/C16H21NO4/c1-10(18)7-8-17(3)16(19)15-11(2)21-14-6-5-12(20-4)9-13(14)15/h5-6,9-10,18H,7-8H2,1-4H3. The van der Waals surface area contributed by atoms with Crippen LogP contribution >= 0.6 is 0 Å². The Morgan fingerprint density at radius 3 is 2.81 bits per heavy atom. The lowest BCUT2D eigenvalue weighted by atomic mass is 10.1. The van der Waals surface area contributed by atoms with Crippen LogP contribution in [0.2, 0.25) is 0 Å². The van der Waals surface area contributed by atoms with Gasteiger partial charge in [0, 0.05) is 19.0 Å². The third-order valence-electron chi connectivity index (χ3n) is 3.51. The van der Waals surface area contributed by atoms with Gasteiger partial charge in [-0.3, -0.25) is 4.79 Å². The first kappa shape index (κ1) is 15.4. The SMILES string of the molecule is COc1ccc2oc(C)c(C(=O)N(C)CCC(C)O)c2c1. The predicted molar refractivity (Wildman–Crippen MR) is 80.8 cm³/mol. The van der Waals surface area contributed by atoms with E-state index in [2.05, 4.69) is 0 Å². The summed E-state index contributed by atoms with van der Waals surface area (Å²) < 4.78 is 10.8. The number of furan rings is 1. The van der Waals surface area contributed by atoms with Crippen molar-refractivity contribution in [3.63, 3.8) is 0 Å². The van der Waals surface area contributed by atoms with Gasteiger partial charge in [-0.25, -0.2) is 0 Å². The second kappa shape index (κ2) is 6.18. The highest BCUT2D eigenvalue weighted by atomic mass is 16.5. The zero-order valence-electron chi connectivity index (χ0n) is 12.8. The van der Waals surface area contributed by atoms with Gasteiger partial charge in [0.25, 0.3) is 5.91 Å². The summed E-state index contributed by atoms with van der Waals surface area (Å²) in [5.74, 6) is 1.16. The Kier molecular flexibility index (Phi) is 4.53. The molecule has 114 valence electrons. The fourth-order valence-corrected chi connectivity index (χ4v) is 2.26. The molecule has 2 rings (SSSR count). The quantitative estimate of drug-likeness (QED) is 0.919. The van der Waals surface area contributed by atoms with E-state index >= 15 is 0 Å². The van der Waals surface area contributed by atoms with E-state index in [-0.39, 0.29) is 5.91 Å². The van der Waals surface area contributed by atoms with Crippen LogP contribution in [-0.4, -0.2) is 42.7 Å². The number of carbonyl (C=O) groups is 1. The number of rotatable bonds is 5. The van der Waals surface area contributed by atoms with Crippen molar-refractivity contribution in [2.45, 2.75) is 26.4 Å². The van der Waals surface area contributed by atoms with Gasteiger partial charge in [0.15, 0.2) is 0 Å². The molecule has 0 spiro atoms. The maximum atomic E-state index is 12.6. The molecule has 1 atom stereocenters. The van der Waals surface area contributed by atoms with E-state index in [9.17, 15) is 9.90 Å². The summed E-state index contributed by atoms with van der Waals surface area (Å²) in [6.07, 6.45) is 0.114. The van der Waals surface area contributed by atoms with Crippen molar-refractivity contribution in [3.05, 3.63) is 29.5 Å². The molecule has 0 saturated heterocycles. The van der Waals surface area contributed by atoms with Crippen LogP contribution < -0.4 is 4.74 Å². The normalized spacial score (nSPS) is 12.4. The summed E-state index contributed by atoms with van der Waals surface area (Å²) in [7, 11) is 3.31. The van der Waals surface area contributed by atoms with E-state index in [1.807, 2.05) is 6.07 Å². The van der Waals surface area contributed by atoms with Crippen LogP contribution in [0.1, 0.15) is 29.5 Å². The Labute approximate surface area is 124 Å². The molecule has 0 aliphatic heterocycles. The number of amides is 1. The lowest BCUT2D eigenvalue weighted by Gasteiger charge is -2.17. The van der Waals surface area contributed by atoms with Crippen molar-refractivity contribution >= 4 is 16.9 Å². The molecule has 1 amide bonds. The molecule has 0 aliphatic rings. The van der Waals surface area contributed by atoms with Gasteiger partial charge in [-0.1, -0.05) is 0 Å². The number of aryl methyl sites for hydroxylation is 1. The topological polar surface area (TPSA) is 62.9 Å². The number of carbonyl (C=O) groups excluding carboxylic acids is 1. The Balaban J connectivity index is 2.35. The third-order valence-corrected chi connectivity index (χ3v) is 3.51. The molecule has 1 aromatic carbocycles. The minimum Gasteiger partial charge on any atom is -0.497 e. The fourth-order valence-electron chi connectivity index (χ4n) is 2.26. The first-order valence-corrected chi connectivity index (χ1v) is 6.94. The van der Waals surface area contributed by atoms with Crippen LogP contribution in [0.15, 0.2) is 22.6 Å². The van der Waals surface area contributed by atoms with Crippen molar-refractivity contribution in [3.8, 4) is 5.75 Å². The van der Waals surface area contributed by atoms with Crippen LogP contribution in [0.5, 0.6) is 5.75 Å². The molecule has 1 unspecified atom stereocenters. The van der Waals surface area contributed by atoms with Gasteiger partial charge in [-0.05, 0) is 38.5 Å². The number of methoxy groups -OCH3 is 1. The summed E-state index contributed by atoms with van der Waals surface area (Å²) in [4.78, 5) is 14.2. The molecule has 0 fully saturated rings. The smallest absolute Gasteiger partial charge is 0.257 e. The number of fused-ring (bicyclic) bond motifs is 1. The van der Waals surface area contributed by atoms with Crippen LogP contribution in [0.4, 0.5) is 0 Å². The number of aliphatic hydroxyl groups is 1. The van der Waals surface area contributed by atoms with Gasteiger partial charge >= 0.3 is 0 Å². The van der Waals surface area contributed by atoms with Crippen LogP contribution in [0, 0.1) is 6.92 Å². The summed E-state index contributed by atoms with van der Waals surface area (Å²) in [5.41, 5.74) is 1.22. The molecule has 21 heavy (non-hydrogen) atoms. The van der Waals surface area contributed by atoms with E-state index in [4.69, 9.17) is 9.15 Å². The molecule has 0 radical (unpaired) electrons. The summed E-state index contributed by atoms with van der Waals surface area (Å²) in [5, 5.41) is 10.1. The summed E-state index contributed by atoms with van der Waals surface area (Å²) in [6, 6.07) is 5.41. The Hall–Kier alpha value is -2.01. The first-order valence-electron chi connectivity index (χ1n) is 6.94. The average molecular weight is 291 g/mol. The summed E-state index contributed by atoms with van der Waals surface area (Å²) in [6.45, 7) is 3.98. The largest absolute Gasteiger partial charge is 0.497 e. The van der Waals surface area contributed by atoms with Gasteiger partial charge in [0.1, 0.15) is 17.1 Å². The highest BCUT2D eigenvalue weighted by Gasteiger charge is 2.21. The molecular weight excluding hydrogens is 270 g/mol. The minimum absolute atomic E-state index is 0.111. The lowest BCUT2D eigenvalue weighted by Crippen LogP contribution is -2.29. The molecule has 1 heterocycles. The number of hydrogen-bond acceptors (Lipinski definition) is 4. The highest BCUT2D eigenvalue weighted by Crippen LogP contribution is 2.29. The number of hydrogen-bond donors (Lipinski definition) is 1. The molecule has 0 aliphatic carbocycles. The van der Waals surface area contributed by atoms with E-state index in [1.54, 1.807) is 45.0 Å². The molecule has 0 bridgehead atoms. The van der Waals surface area contributed by atoms with Crippen molar-refractivity contribution < 1.29 is 19.1 Å². The van der Waals surface area contributed by atoms with Crippen LogP contribution in [-0.2, 0) is 0 Å². The second-order valence-corrected chi connectivity index (χ2v) is 5.26. The van der Waals surface area contributed by atoms with Gasteiger partial charge in [0.05, 0.1) is 18.8 Å². The molecule has 0 saturated carbocycles. The van der Waals surface area contributed by atoms with E-state index in [1.165, 1.54) is 0 Å². The van der Waals surface area contributed by atoms with Crippen LogP contribution in [0.25, 0.3) is 11.0 Å². The van der Waals surface area contributed by atoms with E-state index < -0.39 is 6.10 Å². The van der Waals surface area contributed by atoms with Gasteiger partial charge < -0.3 is 19.2 Å². The monoisotopic (exact) mass is 291 g/mol. The van der Waals surface area contributed by atoms with Gasteiger partial charge in [-0.2, -0.15) is 0 Å². The number of benzene rings is 1. The Morgan fingerprint density at radius 2 is 2.19 bits per heavy atom. The fraction of sp³-hybridized carbons (Fsp3) is 0.438. The maximum absolute atomic E-state index is 12.6. The van der Waals surface area contributed by atoms with Crippen molar-refractivity contribution in [1.82, 2.24) is 4.90 Å². The first-order chi connectivity index (χ1) is 9.93. The van der Waals surface area contributed by atoms with E-state index in [0.717, 1.165) is 5.39 Å². The second-order valence-electron chi connectivity index (χ2n) is 5.26. The predicted octanol–water partition coefficient (Wildman–Crippen LogP) is 2.59. The molecule has 1 aromatic heterocycles. The van der Waals surface area contributed by atoms with E-state index in [0.29, 0.717) is 35.6 Å². The third kappa shape index (κ3) is 3.19. The molecule has 2 aromatic rings.